The van der Waals surface area contributed by atoms with E-state index in [1.807, 2.05) is 60.9 Å². The summed E-state index contributed by atoms with van der Waals surface area (Å²) in [5.41, 5.74) is 2.79. The van der Waals surface area contributed by atoms with E-state index in [1.165, 1.54) is 0 Å². The molecular formula is C21H23N3O3. The molecule has 27 heavy (non-hydrogen) atoms. The maximum absolute atomic E-state index is 12.7. The van der Waals surface area contributed by atoms with Crippen molar-refractivity contribution in [2.45, 2.75) is 32.9 Å². The molecule has 0 saturated carbocycles. The number of amides is 1. The Morgan fingerprint density at radius 2 is 1.89 bits per heavy atom. The summed E-state index contributed by atoms with van der Waals surface area (Å²) in [6.07, 6.45) is 0.739. The van der Waals surface area contributed by atoms with Gasteiger partial charge in [0.25, 0.3) is 0 Å². The summed E-state index contributed by atoms with van der Waals surface area (Å²) in [6.45, 7) is 5.31. The fraction of sp³-hybridized carbons (Fsp3) is 0.333. The van der Waals surface area contributed by atoms with Crippen LogP contribution in [0.2, 0.25) is 0 Å². The maximum atomic E-state index is 12.7. The summed E-state index contributed by atoms with van der Waals surface area (Å²) in [7, 11) is 0. The molecule has 0 aliphatic carbocycles. The smallest absolute Gasteiger partial charge is 0.240 e. The van der Waals surface area contributed by atoms with Gasteiger partial charge in [-0.15, -0.1) is 0 Å². The first-order valence-corrected chi connectivity index (χ1v) is 9.28. The highest BCUT2D eigenvalue weighted by Crippen LogP contribution is 2.34. The van der Waals surface area contributed by atoms with Crippen molar-refractivity contribution in [2.75, 3.05) is 13.2 Å². The molecule has 1 aliphatic rings. The van der Waals surface area contributed by atoms with E-state index >= 15 is 0 Å². The van der Waals surface area contributed by atoms with Crippen LogP contribution in [0.4, 0.5) is 0 Å². The van der Waals surface area contributed by atoms with Gasteiger partial charge in [-0.3, -0.25) is 4.79 Å². The van der Waals surface area contributed by atoms with Gasteiger partial charge in [0.1, 0.15) is 25.6 Å². The Balaban J connectivity index is 1.59. The number of hydrogen-bond donors (Lipinski definition) is 1. The first-order chi connectivity index (χ1) is 13.2. The van der Waals surface area contributed by atoms with Crippen LogP contribution in [-0.2, 0) is 17.8 Å². The van der Waals surface area contributed by atoms with Crippen molar-refractivity contribution in [3.05, 3.63) is 53.9 Å². The highest BCUT2D eigenvalue weighted by molar-refractivity contribution is 5.84. The van der Waals surface area contributed by atoms with E-state index in [2.05, 4.69) is 10.3 Å². The van der Waals surface area contributed by atoms with Crippen LogP contribution in [-0.4, -0.2) is 28.7 Å². The Morgan fingerprint density at radius 1 is 1.19 bits per heavy atom. The molecule has 0 bridgehead atoms. The predicted molar refractivity (Wildman–Crippen MR) is 103 cm³/mol. The molecule has 0 spiro atoms. The van der Waals surface area contributed by atoms with Gasteiger partial charge in [-0.2, -0.15) is 0 Å². The van der Waals surface area contributed by atoms with Gasteiger partial charge in [0, 0.05) is 18.6 Å². The van der Waals surface area contributed by atoms with E-state index < -0.39 is 0 Å². The van der Waals surface area contributed by atoms with E-state index in [9.17, 15) is 4.79 Å². The molecule has 3 aromatic rings. The number of fused-ring (bicyclic) bond motifs is 2. The predicted octanol–water partition coefficient (Wildman–Crippen LogP) is 3.25. The fourth-order valence-electron chi connectivity index (χ4n) is 3.41. The Bertz CT molecular complexity index is 966. The first-order valence-electron chi connectivity index (χ1n) is 9.28. The second-order valence-electron chi connectivity index (χ2n) is 6.65. The number of hydrogen-bond acceptors (Lipinski definition) is 4. The van der Waals surface area contributed by atoms with Crippen LogP contribution in [0, 0.1) is 0 Å². The van der Waals surface area contributed by atoms with Crippen molar-refractivity contribution < 1.29 is 14.3 Å². The average Bonchev–Trinajstić information content (AvgIpc) is 3.03. The molecule has 1 atom stereocenters. The third-order valence-electron chi connectivity index (χ3n) is 4.79. The van der Waals surface area contributed by atoms with E-state index in [0.717, 1.165) is 28.8 Å². The molecule has 6 heteroatoms. The second kappa shape index (κ2) is 7.31. The van der Waals surface area contributed by atoms with Gasteiger partial charge in [-0.05, 0) is 12.5 Å². The molecule has 1 aromatic heterocycles. The number of aryl methyl sites for hydroxylation is 1. The lowest BCUT2D eigenvalue weighted by molar-refractivity contribution is -0.122. The zero-order valence-corrected chi connectivity index (χ0v) is 15.6. The summed E-state index contributed by atoms with van der Waals surface area (Å²) < 4.78 is 13.3. The van der Waals surface area contributed by atoms with Crippen molar-refractivity contribution in [1.82, 2.24) is 14.9 Å². The fourth-order valence-corrected chi connectivity index (χ4v) is 3.41. The third kappa shape index (κ3) is 3.47. The number of aromatic nitrogens is 2. The lowest BCUT2D eigenvalue weighted by Crippen LogP contribution is -2.30. The number of carbonyl (C=O) groups excluding carboxylic acids is 1. The summed E-state index contributed by atoms with van der Waals surface area (Å²) in [4.78, 5) is 17.4. The molecule has 0 unspecified atom stereocenters. The molecule has 2 heterocycles. The topological polar surface area (TPSA) is 65.4 Å². The zero-order valence-electron chi connectivity index (χ0n) is 15.6. The van der Waals surface area contributed by atoms with E-state index in [1.54, 1.807) is 0 Å². The van der Waals surface area contributed by atoms with Gasteiger partial charge in [0.15, 0.2) is 11.5 Å². The standard InChI is InChI=1S/C21H23N3O3/c1-3-20-23-16-11-18-19(27-10-9-26-18)12-17(16)24(20)13-21(25)22-14(2)15-7-5-4-6-8-15/h4-8,11-12,14H,3,9-10,13H2,1-2H3,(H,22,25)/t14-/m0/s1. The summed E-state index contributed by atoms with van der Waals surface area (Å²) in [6, 6.07) is 13.7. The molecule has 1 amide bonds. The van der Waals surface area contributed by atoms with E-state index in [0.29, 0.717) is 24.7 Å². The monoisotopic (exact) mass is 365 g/mol. The van der Waals surface area contributed by atoms with Crippen LogP contribution in [0.1, 0.15) is 31.3 Å². The summed E-state index contributed by atoms with van der Waals surface area (Å²) >= 11 is 0. The van der Waals surface area contributed by atoms with Crippen LogP contribution in [0.5, 0.6) is 11.5 Å². The number of ether oxygens (including phenoxy) is 2. The number of imidazole rings is 1. The molecule has 4 rings (SSSR count). The van der Waals surface area contributed by atoms with Crippen molar-refractivity contribution >= 4 is 16.9 Å². The minimum atomic E-state index is -0.0527. The van der Waals surface area contributed by atoms with Crippen molar-refractivity contribution in [1.29, 1.82) is 0 Å². The van der Waals surface area contributed by atoms with Crippen LogP contribution in [0.3, 0.4) is 0 Å². The number of nitrogens with one attached hydrogen (secondary N) is 1. The highest BCUT2D eigenvalue weighted by atomic mass is 16.6. The molecule has 2 aromatic carbocycles. The number of benzene rings is 2. The molecule has 1 N–H and O–H groups in total. The minimum absolute atomic E-state index is 0.0461. The molecule has 140 valence electrons. The Labute approximate surface area is 158 Å². The van der Waals surface area contributed by atoms with Crippen LogP contribution in [0.15, 0.2) is 42.5 Å². The summed E-state index contributed by atoms with van der Waals surface area (Å²) in [5.74, 6) is 2.24. The SMILES string of the molecule is CCc1nc2cc3c(cc2n1CC(=O)N[C@@H](C)c1ccccc1)OCCO3. The van der Waals surface area contributed by atoms with Crippen molar-refractivity contribution in [3.63, 3.8) is 0 Å². The Kier molecular flexibility index (Phi) is 4.71. The molecule has 1 aliphatic heterocycles. The highest BCUT2D eigenvalue weighted by Gasteiger charge is 2.19. The van der Waals surface area contributed by atoms with Crippen LogP contribution < -0.4 is 14.8 Å². The van der Waals surface area contributed by atoms with E-state index in [4.69, 9.17) is 9.47 Å². The summed E-state index contributed by atoms with van der Waals surface area (Å²) in [5, 5.41) is 3.07. The molecule has 0 radical (unpaired) electrons. The molecule has 6 nitrogen and oxygen atoms in total. The average molecular weight is 365 g/mol. The third-order valence-corrected chi connectivity index (χ3v) is 4.79. The zero-order chi connectivity index (χ0) is 18.8. The minimum Gasteiger partial charge on any atom is -0.486 e. The molecule has 0 saturated heterocycles. The van der Waals surface area contributed by atoms with Gasteiger partial charge in [0.05, 0.1) is 17.1 Å². The lowest BCUT2D eigenvalue weighted by atomic mass is 10.1. The largest absolute Gasteiger partial charge is 0.486 e. The van der Waals surface area contributed by atoms with Gasteiger partial charge < -0.3 is 19.4 Å². The van der Waals surface area contributed by atoms with Gasteiger partial charge in [0.2, 0.25) is 5.91 Å². The number of nitrogens with zero attached hydrogens (tertiary/aromatic N) is 2. The van der Waals surface area contributed by atoms with Gasteiger partial charge >= 0.3 is 0 Å². The molecular weight excluding hydrogens is 342 g/mol. The lowest BCUT2D eigenvalue weighted by Gasteiger charge is -2.18. The number of carbonyl (C=O) groups is 1. The van der Waals surface area contributed by atoms with Gasteiger partial charge in [-0.25, -0.2) is 4.98 Å². The van der Waals surface area contributed by atoms with Crippen molar-refractivity contribution in [3.8, 4) is 11.5 Å². The first kappa shape index (κ1) is 17.4. The maximum Gasteiger partial charge on any atom is 0.240 e. The van der Waals surface area contributed by atoms with Gasteiger partial charge in [-0.1, -0.05) is 37.3 Å². The van der Waals surface area contributed by atoms with Crippen LogP contribution in [0.25, 0.3) is 11.0 Å². The second-order valence-corrected chi connectivity index (χ2v) is 6.65. The number of rotatable bonds is 5. The van der Waals surface area contributed by atoms with Crippen LogP contribution >= 0.6 is 0 Å². The van der Waals surface area contributed by atoms with Crippen molar-refractivity contribution in [2.24, 2.45) is 0 Å². The molecule has 0 fully saturated rings. The van der Waals surface area contributed by atoms with E-state index in [-0.39, 0.29) is 18.5 Å². The Hall–Kier alpha value is -3.02. The normalized spacial score (nSPS) is 14.1. The Morgan fingerprint density at radius 3 is 2.59 bits per heavy atom. The quantitative estimate of drug-likeness (QED) is 0.754.